The Morgan fingerprint density at radius 3 is 2.71 bits per heavy atom. The van der Waals surface area contributed by atoms with Gasteiger partial charge in [-0.1, -0.05) is 27.5 Å². The standard InChI is InChI=1S/C15H10BrCl2FN2/c16-9-1-3-13(11(18)7-9)21-14-4-2-10(19)8-12(14)20-15(21)5-6-17/h1-4,7-8H,5-6H2. The Balaban J connectivity index is 2.30. The quantitative estimate of drug-likeness (QED) is 0.553. The fourth-order valence-electron chi connectivity index (χ4n) is 2.29. The van der Waals surface area contributed by atoms with E-state index in [0.717, 1.165) is 21.5 Å². The number of imidazole rings is 1. The Hall–Kier alpha value is -1.10. The maximum absolute atomic E-state index is 13.4. The summed E-state index contributed by atoms with van der Waals surface area (Å²) in [6.07, 6.45) is 0.574. The van der Waals surface area contributed by atoms with Crippen LogP contribution in [0.4, 0.5) is 4.39 Å². The smallest absolute Gasteiger partial charge is 0.125 e. The molecular formula is C15H10BrCl2FN2. The topological polar surface area (TPSA) is 17.8 Å². The molecule has 2 aromatic carbocycles. The van der Waals surface area contributed by atoms with Gasteiger partial charge < -0.3 is 0 Å². The van der Waals surface area contributed by atoms with E-state index < -0.39 is 0 Å². The minimum absolute atomic E-state index is 0.313. The van der Waals surface area contributed by atoms with Crippen molar-refractivity contribution in [2.45, 2.75) is 6.42 Å². The molecule has 21 heavy (non-hydrogen) atoms. The maximum atomic E-state index is 13.4. The summed E-state index contributed by atoms with van der Waals surface area (Å²) < 4.78 is 16.2. The predicted octanol–water partition coefficient (Wildman–Crippen LogP) is 5.36. The Morgan fingerprint density at radius 1 is 1.19 bits per heavy atom. The van der Waals surface area contributed by atoms with Gasteiger partial charge in [0, 0.05) is 22.8 Å². The number of rotatable bonds is 3. The molecule has 0 aliphatic carbocycles. The van der Waals surface area contributed by atoms with E-state index in [9.17, 15) is 4.39 Å². The van der Waals surface area contributed by atoms with Gasteiger partial charge in [-0.25, -0.2) is 9.37 Å². The third-order valence-corrected chi connectivity index (χ3v) is 4.14. The minimum atomic E-state index is -0.313. The number of benzene rings is 2. The summed E-state index contributed by atoms with van der Waals surface area (Å²) in [6, 6.07) is 10.1. The molecule has 0 radical (unpaired) electrons. The molecule has 0 fully saturated rings. The van der Waals surface area contributed by atoms with Crippen molar-refractivity contribution < 1.29 is 4.39 Å². The van der Waals surface area contributed by atoms with Crippen molar-refractivity contribution >= 4 is 50.2 Å². The van der Waals surface area contributed by atoms with E-state index in [1.807, 2.05) is 22.8 Å². The molecule has 3 rings (SSSR count). The molecule has 3 aromatic rings. The molecule has 0 unspecified atom stereocenters. The number of aromatic nitrogens is 2. The fourth-order valence-corrected chi connectivity index (χ4v) is 3.21. The van der Waals surface area contributed by atoms with Gasteiger partial charge in [0.05, 0.1) is 21.7 Å². The van der Waals surface area contributed by atoms with E-state index in [4.69, 9.17) is 23.2 Å². The summed E-state index contributed by atoms with van der Waals surface area (Å²) in [5.41, 5.74) is 2.20. The predicted molar refractivity (Wildman–Crippen MR) is 88.2 cm³/mol. The normalized spacial score (nSPS) is 11.2. The number of halogens is 4. The highest BCUT2D eigenvalue weighted by molar-refractivity contribution is 9.10. The second-order valence-corrected chi connectivity index (χ2v) is 6.23. The lowest BCUT2D eigenvalue weighted by atomic mass is 10.2. The van der Waals surface area contributed by atoms with E-state index in [2.05, 4.69) is 20.9 Å². The van der Waals surface area contributed by atoms with E-state index in [1.54, 1.807) is 6.07 Å². The minimum Gasteiger partial charge on any atom is -0.295 e. The highest BCUT2D eigenvalue weighted by Crippen LogP contribution is 2.29. The van der Waals surface area contributed by atoms with E-state index in [1.165, 1.54) is 12.1 Å². The van der Waals surface area contributed by atoms with E-state index >= 15 is 0 Å². The summed E-state index contributed by atoms with van der Waals surface area (Å²) in [5, 5.41) is 0.587. The second kappa shape index (κ2) is 5.95. The van der Waals surface area contributed by atoms with Gasteiger partial charge in [-0.05, 0) is 30.3 Å². The van der Waals surface area contributed by atoms with Crippen molar-refractivity contribution in [3.8, 4) is 5.69 Å². The largest absolute Gasteiger partial charge is 0.295 e. The molecule has 0 saturated carbocycles. The molecule has 0 amide bonds. The Bertz CT molecular complexity index is 817. The number of alkyl halides is 1. The summed E-state index contributed by atoms with van der Waals surface area (Å²) >= 11 is 15.6. The van der Waals surface area contributed by atoms with Gasteiger partial charge in [0.2, 0.25) is 0 Å². The lowest BCUT2D eigenvalue weighted by molar-refractivity contribution is 0.629. The average Bonchev–Trinajstić information content (AvgIpc) is 2.76. The van der Waals surface area contributed by atoms with Crippen LogP contribution in [-0.4, -0.2) is 15.4 Å². The first kappa shape index (κ1) is 14.8. The Labute approximate surface area is 139 Å². The zero-order chi connectivity index (χ0) is 15.0. The van der Waals surface area contributed by atoms with Crippen LogP contribution in [0.15, 0.2) is 40.9 Å². The van der Waals surface area contributed by atoms with E-state index in [0.29, 0.717) is 22.8 Å². The third-order valence-electron chi connectivity index (χ3n) is 3.15. The molecular weight excluding hydrogens is 378 g/mol. The van der Waals surface area contributed by atoms with Gasteiger partial charge in [-0.3, -0.25) is 4.57 Å². The van der Waals surface area contributed by atoms with Gasteiger partial charge in [0.15, 0.2) is 0 Å². The SMILES string of the molecule is Fc1ccc2c(c1)nc(CCCl)n2-c1ccc(Br)cc1Cl. The highest BCUT2D eigenvalue weighted by Gasteiger charge is 2.15. The highest BCUT2D eigenvalue weighted by atomic mass is 79.9. The molecule has 108 valence electrons. The summed E-state index contributed by atoms with van der Waals surface area (Å²) in [4.78, 5) is 4.47. The molecule has 0 atom stereocenters. The number of fused-ring (bicyclic) bond motifs is 1. The number of hydrogen-bond acceptors (Lipinski definition) is 1. The van der Waals surface area contributed by atoms with Crippen molar-refractivity contribution in [2.75, 3.05) is 5.88 Å². The van der Waals surface area contributed by atoms with Gasteiger partial charge in [-0.15, -0.1) is 11.6 Å². The zero-order valence-electron chi connectivity index (χ0n) is 10.8. The first-order valence-electron chi connectivity index (χ1n) is 6.28. The zero-order valence-corrected chi connectivity index (χ0v) is 13.9. The summed E-state index contributed by atoms with van der Waals surface area (Å²) in [5.74, 6) is 0.876. The van der Waals surface area contributed by atoms with Gasteiger partial charge in [-0.2, -0.15) is 0 Å². The Morgan fingerprint density at radius 2 is 2.00 bits per heavy atom. The number of aryl methyl sites for hydroxylation is 1. The summed E-state index contributed by atoms with van der Waals surface area (Å²) in [6.45, 7) is 0. The van der Waals surface area contributed by atoms with Crippen molar-refractivity contribution in [1.29, 1.82) is 0 Å². The molecule has 0 bridgehead atoms. The molecule has 1 heterocycles. The fraction of sp³-hybridized carbons (Fsp3) is 0.133. The number of hydrogen-bond donors (Lipinski definition) is 0. The van der Waals surface area contributed by atoms with Crippen LogP contribution >= 0.6 is 39.1 Å². The molecule has 0 spiro atoms. The van der Waals surface area contributed by atoms with Crippen LogP contribution in [-0.2, 0) is 6.42 Å². The van der Waals surface area contributed by atoms with Crippen LogP contribution in [0, 0.1) is 5.82 Å². The van der Waals surface area contributed by atoms with Crippen molar-refractivity contribution in [3.05, 3.63) is 57.5 Å². The van der Waals surface area contributed by atoms with Crippen LogP contribution in [0.2, 0.25) is 5.02 Å². The van der Waals surface area contributed by atoms with Crippen LogP contribution in [0.1, 0.15) is 5.82 Å². The average molecular weight is 388 g/mol. The molecule has 0 aliphatic heterocycles. The molecule has 1 aromatic heterocycles. The molecule has 0 saturated heterocycles. The molecule has 2 nitrogen and oxygen atoms in total. The third kappa shape index (κ3) is 2.80. The van der Waals surface area contributed by atoms with Crippen LogP contribution < -0.4 is 0 Å². The lowest BCUT2D eigenvalue weighted by Gasteiger charge is -2.11. The van der Waals surface area contributed by atoms with E-state index in [-0.39, 0.29) is 5.82 Å². The van der Waals surface area contributed by atoms with Crippen molar-refractivity contribution in [2.24, 2.45) is 0 Å². The van der Waals surface area contributed by atoms with Gasteiger partial charge >= 0.3 is 0 Å². The molecule has 0 aliphatic rings. The van der Waals surface area contributed by atoms with Crippen molar-refractivity contribution in [3.63, 3.8) is 0 Å². The van der Waals surface area contributed by atoms with Crippen molar-refractivity contribution in [1.82, 2.24) is 9.55 Å². The first-order chi connectivity index (χ1) is 10.1. The van der Waals surface area contributed by atoms with Crippen LogP contribution in [0.3, 0.4) is 0 Å². The van der Waals surface area contributed by atoms with Gasteiger partial charge in [0.25, 0.3) is 0 Å². The first-order valence-corrected chi connectivity index (χ1v) is 7.99. The molecule has 0 N–H and O–H groups in total. The van der Waals surface area contributed by atoms with Crippen LogP contribution in [0.25, 0.3) is 16.7 Å². The monoisotopic (exact) mass is 386 g/mol. The number of nitrogens with zero attached hydrogens (tertiary/aromatic N) is 2. The second-order valence-electron chi connectivity index (χ2n) is 4.53. The molecule has 6 heteroatoms. The Kier molecular flexibility index (Phi) is 4.20. The maximum Gasteiger partial charge on any atom is 0.125 e. The lowest BCUT2D eigenvalue weighted by Crippen LogP contribution is -2.02. The van der Waals surface area contributed by atoms with Gasteiger partial charge in [0.1, 0.15) is 11.6 Å². The summed E-state index contributed by atoms with van der Waals surface area (Å²) in [7, 11) is 0. The van der Waals surface area contributed by atoms with Crippen LogP contribution in [0.5, 0.6) is 0 Å².